The molecule has 0 saturated carbocycles. The Morgan fingerprint density at radius 1 is 1.03 bits per heavy atom. The molecule has 3 aromatic rings. The summed E-state index contributed by atoms with van der Waals surface area (Å²) in [6, 6.07) is 17.6. The Morgan fingerprint density at radius 2 is 1.74 bits per heavy atom. The molecule has 4 rings (SSSR count). The van der Waals surface area contributed by atoms with Crippen LogP contribution in [0.5, 0.6) is 5.75 Å². The summed E-state index contributed by atoms with van der Waals surface area (Å²) in [5, 5.41) is 4.51. The maximum Gasteiger partial charge on any atom is 0.265 e. The number of amides is 2. The van der Waals surface area contributed by atoms with Crippen LogP contribution in [0.1, 0.15) is 45.1 Å². The molecule has 0 aliphatic carbocycles. The molecule has 1 N–H and O–H groups in total. The van der Waals surface area contributed by atoms with Crippen LogP contribution in [0.25, 0.3) is 10.8 Å². The highest BCUT2D eigenvalue weighted by Crippen LogP contribution is 2.42. The van der Waals surface area contributed by atoms with Crippen molar-refractivity contribution >= 4 is 38.3 Å². The van der Waals surface area contributed by atoms with Gasteiger partial charge in [-0.1, -0.05) is 50.2 Å². The normalized spacial score (nSPS) is 14.3. The summed E-state index contributed by atoms with van der Waals surface area (Å²) in [5.74, 6) is 0.342. The van der Waals surface area contributed by atoms with Gasteiger partial charge in [0.15, 0.2) is 0 Å². The number of anilines is 1. The smallest absolute Gasteiger partial charge is 0.265 e. The van der Waals surface area contributed by atoms with E-state index in [1.54, 1.807) is 30.2 Å². The van der Waals surface area contributed by atoms with Crippen molar-refractivity contribution in [3.8, 4) is 5.75 Å². The minimum Gasteiger partial charge on any atom is -0.497 e. The topological polar surface area (TPSA) is 96.0 Å². The van der Waals surface area contributed by atoms with E-state index in [0.29, 0.717) is 35.7 Å². The van der Waals surface area contributed by atoms with E-state index in [9.17, 15) is 18.0 Å². The highest BCUT2D eigenvalue weighted by atomic mass is 32.2. The van der Waals surface area contributed by atoms with Gasteiger partial charge < -0.3 is 15.0 Å². The average molecular weight is 538 g/mol. The summed E-state index contributed by atoms with van der Waals surface area (Å²) < 4.78 is 33.2. The Balaban J connectivity index is 1.51. The lowest BCUT2D eigenvalue weighted by molar-refractivity contribution is -0.141. The van der Waals surface area contributed by atoms with Crippen LogP contribution in [0, 0.1) is 0 Å². The van der Waals surface area contributed by atoms with E-state index in [1.807, 2.05) is 56.3 Å². The van der Waals surface area contributed by atoms with Crippen LogP contribution in [0.15, 0.2) is 65.6 Å². The Hall–Kier alpha value is -3.59. The first-order valence-electron chi connectivity index (χ1n) is 13.1. The molecule has 0 fully saturated rings. The maximum absolute atomic E-state index is 13.5. The highest BCUT2D eigenvalue weighted by Gasteiger charge is 2.35. The predicted molar refractivity (Wildman–Crippen MR) is 149 cm³/mol. The minimum atomic E-state index is -3.68. The predicted octanol–water partition coefficient (Wildman–Crippen LogP) is 4.47. The molecule has 38 heavy (non-hydrogen) atoms. The van der Waals surface area contributed by atoms with E-state index >= 15 is 0 Å². The van der Waals surface area contributed by atoms with E-state index in [-0.39, 0.29) is 31.3 Å². The van der Waals surface area contributed by atoms with Crippen molar-refractivity contribution in [3.63, 3.8) is 0 Å². The first-order valence-corrected chi connectivity index (χ1v) is 14.5. The summed E-state index contributed by atoms with van der Waals surface area (Å²) >= 11 is 0. The van der Waals surface area contributed by atoms with Crippen molar-refractivity contribution in [3.05, 3.63) is 66.2 Å². The molecular weight excluding hydrogens is 502 g/mol. The molecule has 0 saturated heterocycles. The van der Waals surface area contributed by atoms with Crippen molar-refractivity contribution in [2.75, 3.05) is 24.5 Å². The fourth-order valence-corrected chi connectivity index (χ4v) is 6.68. The molecule has 3 aromatic carbocycles. The van der Waals surface area contributed by atoms with Crippen LogP contribution in [0.2, 0.25) is 0 Å². The van der Waals surface area contributed by atoms with Gasteiger partial charge in [0.2, 0.25) is 11.8 Å². The van der Waals surface area contributed by atoms with Crippen LogP contribution >= 0.6 is 0 Å². The molecule has 1 aliphatic rings. The lowest BCUT2D eigenvalue weighted by atomic mass is 10.1. The Bertz CT molecular complexity index is 1400. The molecule has 0 radical (unpaired) electrons. The molecule has 8 nitrogen and oxygen atoms in total. The summed E-state index contributed by atoms with van der Waals surface area (Å²) in [4.78, 5) is 28.4. The number of rotatable bonds is 12. The summed E-state index contributed by atoms with van der Waals surface area (Å²) in [5.41, 5.74) is 1.52. The second-order valence-corrected chi connectivity index (χ2v) is 11.2. The molecular formula is C29H35N3O5S. The van der Waals surface area contributed by atoms with Crippen LogP contribution < -0.4 is 14.4 Å². The molecule has 0 spiro atoms. The number of ether oxygens (including phenoxy) is 1. The number of sulfonamides is 1. The van der Waals surface area contributed by atoms with Gasteiger partial charge in [0, 0.05) is 31.4 Å². The van der Waals surface area contributed by atoms with Gasteiger partial charge >= 0.3 is 0 Å². The van der Waals surface area contributed by atoms with Crippen molar-refractivity contribution < 1.29 is 22.7 Å². The second-order valence-electron chi connectivity index (χ2n) is 9.40. The third-order valence-corrected chi connectivity index (χ3v) is 8.74. The molecule has 202 valence electrons. The molecule has 1 aliphatic heterocycles. The van der Waals surface area contributed by atoms with Crippen LogP contribution in [0.3, 0.4) is 0 Å². The van der Waals surface area contributed by atoms with Crippen LogP contribution in [0.4, 0.5) is 5.69 Å². The van der Waals surface area contributed by atoms with E-state index in [2.05, 4.69) is 5.32 Å². The molecule has 1 heterocycles. The monoisotopic (exact) mass is 537 g/mol. The standard InChI is InChI=1S/C29H35N3O5S/c1-4-18-30-29(34)24(5-2)31(20-21-14-16-23(37-3)17-15-21)27(33)13-8-19-32-25-11-6-9-22-10-7-12-26(28(22)25)38(32,35)36/h6-7,9-12,14-17,24H,4-5,8,13,18-20H2,1-3H3,(H,30,34)/t24-/m0/s1. The van der Waals surface area contributed by atoms with Crippen LogP contribution in [-0.4, -0.2) is 51.4 Å². The largest absolute Gasteiger partial charge is 0.497 e. The Morgan fingerprint density at radius 3 is 2.39 bits per heavy atom. The number of hydrogen-bond acceptors (Lipinski definition) is 5. The number of nitrogens with zero attached hydrogens (tertiary/aromatic N) is 2. The summed E-state index contributed by atoms with van der Waals surface area (Å²) in [6.45, 7) is 4.86. The zero-order chi connectivity index (χ0) is 27.3. The minimum absolute atomic E-state index is 0.117. The number of carbonyl (C=O) groups excluding carboxylic acids is 2. The fraction of sp³-hybridized carbons (Fsp3) is 0.379. The van der Waals surface area contributed by atoms with Gasteiger partial charge in [-0.15, -0.1) is 0 Å². The first-order chi connectivity index (χ1) is 18.3. The zero-order valence-electron chi connectivity index (χ0n) is 22.1. The number of nitrogens with one attached hydrogen (secondary N) is 1. The van der Waals surface area contributed by atoms with Gasteiger partial charge in [0.25, 0.3) is 10.0 Å². The summed E-state index contributed by atoms with van der Waals surface area (Å²) in [6.07, 6.45) is 1.71. The van der Waals surface area contributed by atoms with Crippen molar-refractivity contribution in [1.29, 1.82) is 0 Å². The van der Waals surface area contributed by atoms with Gasteiger partial charge in [0.1, 0.15) is 11.8 Å². The quantitative estimate of drug-likeness (QED) is 0.368. The van der Waals surface area contributed by atoms with E-state index in [0.717, 1.165) is 22.8 Å². The van der Waals surface area contributed by atoms with E-state index in [1.165, 1.54) is 4.31 Å². The van der Waals surface area contributed by atoms with Crippen molar-refractivity contribution in [2.45, 2.75) is 57.0 Å². The van der Waals surface area contributed by atoms with Gasteiger partial charge in [0.05, 0.1) is 17.7 Å². The maximum atomic E-state index is 13.5. The van der Waals surface area contributed by atoms with Gasteiger partial charge in [-0.3, -0.25) is 13.9 Å². The molecule has 9 heteroatoms. The molecule has 0 bridgehead atoms. The first kappa shape index (κ1) is 27.4. The van der Waals surface area contributed by atoms with Gasteiger partial charge in [-0.25, -0.2) is 8.42 Å². The van der Waals surface area contributed by atoms with E-state index < -0.39 is 16.1 Å². The van der Waals surface area contributed by atoms with Gasteiger partial charge in [-0.2, -0.15) is 0 Å². The van der Waals surface area contributed by atoms with Crippen molar-refractivity contribution in [2.24, 2.45) is 0 Å². The molecule has 2 amide bonds. The Labute approximate surface area is 224 Å². The molecule has 0 aromatic heterocycles. The Kier molecular flexibility index (Phi) is 8.56. The summed E-state index contributed by atoms with van der Waals surface area (Å²) in [7, 11) is -2.09. The lowest BCUT2D eigenvalue weighted by Crippen LogP contribution is -2.49. The highest BCUT2D eigenvalue weighted by molar-refractivity contribution is 7.93. The molecule has 1 atom stereocenters. The fourth-order valence-electron chi connectivity index (χ4n) is 4.93. The number of benzene rings is 3. The third-order valence-electron chi connectivity index (χ3n) is 6.88. The van der Waals surface area contributed by atoms with Gasteiger partial charge in [-0.05, 0) is 54.5 Å². The zero-order valence-corrected chi connectivity index (χ0v) is 23.0. The third kappa shape index (κ3) is 5.48. The second kappa shape index (κ2) is 11.9. The van der Waals surface area contributed by atoms with E-state index in [4.69, 9.17) is 4.74 Å². The van der Waals surface area contributed by atoms with Crippen molar-refractivity contribution in [1.82, 2.24) is 10.2 Å². The lowest BCUT2D eigenvalue weighted by Gasteiger charge is -2.31. The average Bonchev–Trinajstić information content (AvgIpc) is 3.15. The SMILES string of the molecule is CCCNC(=O)[C@H](CC)N(Cc1ccc(OC)cc1)C(=O)CCCN1c2cccc3cccc(c23)S1(=O)=O. The number of carbonyl (C=O) groups is 2. The van der Waals surface area contributed by atoms with Crippen LogP contribution in [-0.2, 0) is 26.2 Å². The number of hydrogen-bond donors (Lipinski definition) is 1. The molecule has 0 unspecified atom stereocenters. The number of methoxy groups -OCH3 is 1.